The number of nitro groups is 1. The number of methoxy groups -OCH3 is 1. The first kappa shape index (κ1) is 17.2. The van der Waals surface area contributed by atoms with Crippen LogP contribution in [-0.4, -0.2) is 29.2 Å². The molecule has 0 aliphatic rings. The molecular weight excluding hydrogens is 362 g/mol. The Morgan fingerprint density at radius 1 is 1.36 bits per heavy atom. The van der Waals surface area contributed by atoms with Gasteiger partial charge in [0.1, 0.15) is 16.8 Å². The molecule has 2 aromatic carbocycles. The van der Waals surface area contributed by atoms with Crippen LogP contribution in [0.3, 0.4) is 0 Å². The Morgan fingerprint density at radius 3 is 2.84 bits per heavy atom. The Balaban J connectivity index is 1.96. The van der Waals surface area contributed by atoms with Gasteiger partial charge in [-0.05, 0) is 30.5 Å². The fraction of sp³-hybridized carbons (Fsp3) is 0.125. The molecule has 3 aromatic rings. The molecule has 128 valence electrons. The topological polar surface area (TPSA) is 94.4 Å². The fourth-order valence-corrected chi connectivity index (χ4v) is 3.61. The molecule has 0 radical (unpaired) electrons. The highest BCUT2D eigenvalue weighted by atomic mass is 32.2. The Bertz CT molecular complexity index is 971. The number of thiazole rings is 1. The van der Waals surface area contributed by atoms with Crippen molar-refractivity contribution in [2.24, 2.45) is 0 Å². The SMILES string of the molecule is COc1cccc2sc(NC(=O)c3cc(SC)ccc3[N+](=O)[O-])nc12. The minimum absolute atomic E-state index is 0.00284. The molecule has 0 atom stereocenters. The number of thioether (sulfide) groups is 1. The van der Waals surface area contributed by atoms with Gasteiger partial charge < -0.3 is 4.74 Å². The van der Waals surface area contributed by atoms with Crippen LogP contribution in [-0.2, 0) is 0 Å². The van der Waals surface area contributed by atoms with Gasteiger partial charge in [0.2, 0.25) is 0 Å². The molecule has 3 rings (SSSR count). The third kappa shape index (κ3) is 3.42. The molecule has 1 aromatic heterocycles. The van der Waals surface area contributed by atoms with E-state index in [-0.39, 0.29) is 11.3 Å². The van der Waals surface area contributed by atoms with Gasteiger partial charge in [-0.1, -0.05) is 17.4 Å². The quantitative estimate of drug-likeness (QED) is 0.408. The first-order valence-corrected chi connectivity index (χ1v) is 9.15. The summed E-state index contributed by atoms with van der Waals surface area (Å²) in [6.07, 6.45) is 1.84. The first-order chi connectivity index (χ1) is 12.0. The normalized spacial score (nSPS) is 10.6. The molecule has 0 aliphatic carbocycles. The number of nitro benzene ring substituents is 1. The van der Waals surface area contributed by atoms with E-state index in [2.05, 4.69) is 10.3 Å². The van der Waals surface area contributed by atoms with Gasteiger partial charge >= 0.3 is 0 Å². The second-order valence-corrected chi connectivity index (χ2v) is 6.83. The second kappa shape index (κ2) is 7.08. The summed E-state index contributed by atoms with van der Waals surface area (Å²) in [5, 5.41) is 14.2. The number of rotatable bonds is 5. The number of hydrogen-bond acceptors (Lipinski definition) is 7. The summed E-state index contributed by atoms with van der Waals surface area (Å²) < 4.78 is 6.10. The van der Waals surface area contributed by atoms with Crippen LogP contribution in [0.1, 0.15) is 10.4 Å². The molecule has 0 aliphatic heterocycles. The van der Waals surface area contributed by atoms with Crippen molar-refractivity contribution in [3.63, 3.8) is 0 Å². The number of benzene rings is 2. The number of nitrogens with one attached hydrogen (secondary N) is 1. The lowest BCUT2D eigenvalue weighted by Crippen LogP contribution is -2.14. The molecule has 1 heterocycles. The van der Waals surface area contributed by atoms with Crippen molar-refractivity contribution in [2.45, 2.75) is 4.90 Å². The first-order valence-electron chi connectivity index (χ1n) is 7.11. The van der Waals surface area contributed by atoms with Gasteiger partial charge in [-0.25, -0.2) is 4.98 Å². The summed E-state index contributed by atoms with van der Waals surface area (Å²) in [5.74, 6) is 0.0326. The maximum absolute atomic E-state index is 12.5. The van der Waals surface area contributed by atoms with Crippen LogP contribution in [0, 0.1) is 10.1 Å². The molecule has 9 heteroatoms. The van der Waals surface area contributed by atoms with Gasteiger partial charge in [0.05, 0.1) is 16.7 Å². The zero-order valence-electron chi connectivity index (χ0n) is 13.3. The lowest BCUT2D eigenvalue weighted by Gasteiger charge is -2.05. The van der Waals surface area contributed by atoms with Crippen molar-refractivity contribution in [1.82, 2.24) is 4.98 Å². The average Bonchev–Trinajstić information content (AvgIpc) is 3.03. The van der Waals surface area contributed by atoms with E-state index >= 15 is 0 Å². The number of ether oxygens (including phenoxy) is 1. The molecule has 7 nitrogen and oxygen atoms in total. The summed E-state index contributed by atoms with van der Waals surface area (Å²) in [7, 11) is 1.55. The average molecular weight is 375 g/mol. The molecular formula is C16H13N3O4S2. The van der Waals surface area contributed by atoms with Crippen LogP contribution in [0.15, 0.2) is 41.3 Å². The van der Waals surface area contributed by atoms with E-state index < -0.39 is 10.8 Å². The predicted molar refractivity (Wildman–Crippen MR) is 99.0 cm³/mol. The fourth-order valence-electron chi connectivity index (χ4n) is 2.29. The number of amides is 1. The highest BCUT2D eigenvalue weighted by molar-refractivity contribution is 7.98. The van der Waals surface area contributed by atoms with Crippen LogP contribution in [0.4, 0.5) is 10.8 Å². The Morgan fingerprint density at radius 2 is 2.16 bits per heavy atom. The van der Waals surface area contributed by atoms with Crippen LogP contribution >= 0.6 is 23.1 Å². The number of nitrogens with zero attached hydrogens (tertiary/aromatic N) is 2. The molecule has 0 saturated heterocycles. The number of fused-ring (bicyclic) bond motifs is 1. The van der Waals surface area contributed by atoms with Gasteiger partial charge in [-0.15, -0.1) is 11.8 Å². The largest absolute Gasteiger partial charge is 0.494 e. The summed E-state index contributed by atoms with van der Waals surface area (Å²) in [6.45, 7) is 0. The monoisotopic (exact) mass is 375 g/mol. The highest BCUT2D eigenvalue weighted by Gasteiger charge is 2.22. The molecule has 0 fully saturated rings. The Kier molecular flexibility index (Phi) is 4.86. The number of anilines is 1. The van der Waals surface area contributed by atoms with Crippen molar-refractivity contribution in [2.75, 3.05) is 18.7 Å². The van der Waals surface area contributed by atoms with Crippen molar-refractivity contribution >= 4 is 50.0 Å². The van der Waals surface area contributed by atoms with E-state index in [0.717, 1.165) is 9.60 Å². The number of para-hydroxylation sites is 1. The summed E-state index contributed by atoms with van der Waals surface area (Å²) in [4.78, 5) is 28.3. The summed E-state index contributed by atoms with van der Waals surface area (Å²) in [6, 6.07) is 9.93. The number of hydrogen-bond donors (Lipinski definition) is 1. The van der Waals surface area contributed by atoms with Crippen molar-refractivity contribution in [1.29, 1.82) is 0 Å². The number of aromatic nitrogens is 1. The Labute approximate surface area is 151 Å². The molecule has 0 unspecified atom stereocenters. The van der Waals surface area contributed by atoms with Gasteiger partial charge in [-0.3, -0.25) is 20.2 Å². The van der Waals surface area contributed by atoms with Crippen molar-refractivity contribution in [3.8, 4) is 5.75 Å². The smallest absolute Gasteiger partial charge is 0.282 e. The van der Waals surface area contributed by atoms with Crippen LogP contribution in [0.5, 0.6) is 5.75 Å². The van der Waals surface area contributed by atoms with E-state index in [9.17, 15) is 14.9 Å². The molecule has 0 spiro atoms. The molecule has 1 amide bonds. The molecule has 25 heavy (non-hydrogen) atoms. The predicted octanol–water partition coefficient (Wildman–Crippen LogP) is 4.19. The van der Waals surface area contributed by atoms with Crippen molar-refractivity contribution in [3.05, 3.63) is 52.1 Å². The van der Waals surface area contributed by atoms with Crippen LogP contribution < -0.4 is 10.1 Å². The minimum atomic E-state index is -0.569. The number of carbonyl (C=O) groups is 1. The zero-order chi connectivity index (χ0) is 18.0. The van der Waals surface area contributed by atoms with E-state index in [1.54, 1.807) is 19.2 Å². The van der Waals surface area contributed by atoms with E-state index in [0.29, 0.717) is 16.4 Å². The Hall–Kier alpha value is -2.65. The second-order valence-electron chi connectivity index (χ2n) is 4.92. The van der Waals surface area contributed by atoms with Crippen LogP contribution in [0.25, 0.3) is 10.2 Å². The summed E-state index contributed by atoms with van der Waals surface area (Å²) in [5.41, 5.74) is 0.398. The minimum Gasteiger partial charge on any atom is -0.494 e. The van der Waals surface area contributed by atoms with Gasteiger partial charge in [-0.2, -0.15) is 0 Å². The van der Waals surface area contributed by atoms with Crippen LogP contribution in [0.2, 0.25) is 0 Å². The van der Waals surface area contributed by atoms with E-state index in [1.807, 2.05) is 18.4 Å². The molecule has 1 N–H and O–H groups in total. The van der Waals surface area contributed by atoms with E-state index in [4.69, 9.17) is 4.74 Å². The van der Waals surface area contributed by atoms with Gasteiger partial charge in [0.25, 0.3) is 11.6 Å². The number of carbonyl (C=O) groups excluding carboxylic acids is 1. The molecule has 0 saturated carbocycles. The molecule has 0 bridgehead atoms. The lowest BCUT2D eigenvalue weighted by atomic mass is 10.1. The maximum atomic E-state index is 12.5. The lowest BCUT2D eigenvalue weighted by molar-refractivity contribution is -0.385. The third-order valence-electron chi connectivity index (χ3n) is 3.47. The zero-order valence-corrected chi connectivity index (χ0v) is 14.9. The maximum Gasteiger partial charge on any atom is 0.282 e. The van der Waals surface area contributed by atoms with Gasteiger partial charge in [0, 0.05) is 11.0 Å². The highest BCUT2D eigenvalue weighted by Crippen LogP contribution is 2.33. The van der Waals surface area contributed by atoms with E-state index in [1.165, 1.54) is 35.2 Å². The van der Waals surface area contributed by atoms with Crippen molar-refractivity contribution < 1.29 is 14.5 Å². The third-order valence-corrected chi connectivity index (χ3v) is 5.13. The standard InChI is InChI=1S/C16H13N3O4S2/c1-23-12-4-3-5-13-14(12)17-16(25-13)18-15(20)10-8-9(24-2)6-7-11(10)19(21)22/h3-8H,1-2H3,(H,17,18,20). The summed E-state index contributed by atoms with van der Waals surface area (Å²) >= 11 is 2.68. The van der Waals surface area contributed by atoms with Gasteiger partial charge in [0.15, 0.2) is 5.13 Å².